The molecule has 3 aromatic carbocycles. The number of aryl methyl sites for hydroxylation is 1. The Morgan fingerprint density at radius 1 is 0.660 bits per heavy atom. The number of carbonyl (C=O) groups is 3. The molecule has 0 aliphatic rings. The van der Waals surface area contributed by atoms with Crippen molar-refractivity contribution in [2.75, 3.05) is 0 Å². The van der Waals surface area contributed by atoms with Crippen molar-refractivity contribution >= 4 is 23.6 Å². The van der Waals surface area contributed by atoms with Gasteiger partial charge in [-0.25, -0.2) is 0 Å². The summed E-state index contributed by atoms with van der Waals surface area (Å²) in [5, 5.41) is 35.9. The highest BCUT2D eigenvalue weighted by Gasteiger charge is 2.39. The highest BCUT2D eigenvalue weighted by molar-refractivity contribution is 5.73. The van der Waals surface area contributed by atoms with Crippen molar-refractivity contribution in [3.8, 4) is 0 Å². The Bertz CT molecular complexity index is 1570. The van der Waals surface area contributed by atoms with Crippen LogP contribution in [0.5, 0.6) is 0 Å². The van der Waals surface area contributed by atoms with E-state index in [0.29, 0.717) is 11.6 Å². The number of nitro benzene ring substituents is 1. The van der Waals surface area contributed by atoms with Crippen LogP contribution in [0.1, 0.15) is 46.4 Å². The molecule has 0 bridgehead atoms. The highest BCUT2D eigenvalue weighted by Crippen LogP contribution is 2.38. The zero-order chi connectivity index (χ0) is 35.6. The largest absolute Gasteiger partial charge is 0.481 e. The minimum Gasteiger partial charge on any atom is -0.481 e. The van der Waals surface area contributed by atoms with E-state index in [-0.39, 0.29) is 18.6 Å². The number of nitrogens with zero attached hydrogens (tertiary/aromatic N) is 1. The summed E-state index contributed by atoms with van der Waals surface area (Å²) in [7, 11) is 0. The molecule has 3 N–H and O–H groups in total. The van der Waals surface area contributed by atoms with Crippen molar-refractivity contribution in [3.63, 3.8) is 0 Å². The van der Waals surface area contributed by atoms with Gasteiger partial charge in [0, 0.05) is 5.56 Å². The van der Waals surface area contributed by atoms with Crippen LogP contribution in [-0.4, -0.2) is 38.2 Å². The summed E-state index contributed by atoms with van der Waals surface area (Å²) >= 11 is 0. The third-order valence-corrected chi connectivity index (χ3v) is 5.38. The lowest BCUT2D eigenvalue weighted by Gasteiger charge is -2.09. The van der Waals surface area contributed by atoms with Crippen molar-refractivity contribution in [1.29, 1.82) is 0 Å². The van der Waals surface area contributed by atoms with Crippen molar-refractivity contribution in [2.45, 2.75) is 52.1 Å². The molecule has 3 rings (SSSR count). The number of hydrogen-bond acceptors (Lipinski definition) is 5. The predicted octanol–water partition coefficient (Wildman–Crippen LogP) is 7.85. The number of para-hydroxylation sites is 1. The molecule has 0 aliphatic heterocycles. The second-order valence-electron chi connectivity index (χ2n) is 9.18. The lowest BCUT2D eigenvalue weighted by Crippen LogP contribution is -2.12. The third kappa shape index (κ3) is 14.7. The first-order chi connectivity index (χ1) is 20.9. The molecule has 0 heterocycles. The fourth-order valence-electron chi connectivity index (χ4n) is 3.68. The molecule has 0 unspecified atom stereocenters. The van der Waals surface area contributed by atoms with Crippen LogP contribution >= 0.6 is 0 Å². The molecule has 0 radical (unpaired) electrons. The number of benzene rings is 3. The average Bonchev–Trinajstić information content (AvgIpc) is 2.86. The normalized spacial score (nSPS) is 11.1. The number of alkyl halides is 9. The van der Waals surface area contributed by atoms with E-state index < -0.39 is 88.6 Å². The topological polar surface area (TPSA) is 155 Å². The maximum Gasteiger partial charge on any atom is 0.423 e. The molecule has 0 saturated heterocycles. The van der Waals surface area contributed by atoms with E-state index in [0.717, 1.165) is 36.4 Å². The Kier molecular flexibility index (Phi) is 15.1. The molecule has 0 saturated carbocycles. The van der Waals surface area contributed by atoms with Gasteiger partial charge in [-0.3, -0.25) is 24.5 Å². The molecule has 258 valence electrons. The maximum atomic E-state index is 12.5. The molecular formula is C29H26F9NO8. The molecule has 0 aromatic heterocycles. The van der Waals surface area contributed by atoms with Gasteiger partial charge in [-0.15, -0.1) is 0 Å². The van der Waals surface area contributed by atoms with Crippen LogP contribution in [0.25, 0.3) is 0 Å². The molecule has 0 amide bonds. The van der Waals surface area contributed by atoms with Gasteiger partial charge in [-0.05, 0) is 42.3 Å². The first-order valence-electron chi connectivity index (χ1n) is 12.2. The zero-order valence-corrected chi connectivity index (χ0v) is 23.1. The number of aliphatic carboxylic acids is 3. The minimum absolute atomic E-state index is 0. The van der Waals surface area contributed by atoms with Crippen molar-refractivity contribution < 1.29 is 74.1 Å². The molecular weight excluding hydrogens is 661 g/mol. The first-order valence-corrected chi connectivity index (χ1v) is 12.2. The summed E-state index contributed by atoms with van der Waals surface area (Å²) in [6.45, 7) is 1.50. The van der Waals surface area contributed by atoms with Crippen LogP contribution in [0.15, 0.2) is 60.7 Å². The van der Waals surface area contributed by atoms with Gasteiger partial charge in [0.15, 0.2) is 0 Å². The predicted molar refractivity (Wildman–Crippen MR) is 146 cm³/mol. The van der Waals surface area contributed by atoms with Gasteiger partial charge < -0.3 is 15.3 Å². The molecule has 0 spiro atoms. The van der Waals surface area contributed by atoms with E-state index in [2.05, 4.69) is 0 Å². The summed E-state index contributed by atoms with van der Waals surface area (Å²) in [6.07, 6.45) is -15.4. The Hall–Kier alpha value is -5.16. The van der Waals surface area contributed by atoms with Gasteiger partial charge in [-0.1, -0.05) is 49.4 Å². The van der Waals surface area contributed by atoms with Crippen LogP contribution in [0.3, 0.4) is 0 Å². The lowest BCUT2D eigenvalue weighted by molar-refractivity contribution is -0.388. The highest BCUT2D eigenvalue weighted by atomic mass is 19.4. The van der Waals surface area contributed by atoms with Crippen LogP contribution in [0.4, 0.5) is 45.2 Å². The summed E-state index contributed by atoms with van der Waals surface area (Å²) in [5.41, 5.74) is -4.04. The second-order valence-corrected chi connectivity index (χ2v) is 9.18. The Morgan fingerprint density at radius 3 is 1.57 bits per heavy atom. The number of rotatable bonds is 7. The Balaban J connectivity index is 0.000000671. The van der Waals surface area contributed by atoms with Gasteiger partial charge in [-0.2, -0.15) is 39.5 Å². The van der Waals surface area contributed by atoms with Gasteiger partial charge >= 0.3 is 36.4 Å². The summed E-state index contributed by atoms with van der Waals surface area (Å²) in [5.74, 6) is -3.73. The van der Waals surface area contributed by atoms with Crippen molar-refractivity contribution in [1.82, 2.24) is 0 Å². The van der Waals surface area contributed by atoms with Crippen molar-refractivity contribution in [2.24, 2.45) is 0 Å². The van der Waals surface area contributed by atoms with E-state index in [1.54, 1.807) is 0 Å². The van der Waals surface area contributed by atoms with Gasteiger partial charge in [0.05, 0.1) is 35.3 Å². The maximum absolute atomic E-state index is 12.5. The minimum atomic E-state index is -4.89. The number of halogens is 9. The Morgan fingerprint density at radius 2 is 1.13 bits per heavy atom. The summed E-state index contributed by atoms with van der Waals surface area (Å²) < 4.78 is 111. The van der Waals surface area contributed by atoms with Crippen LogP contribution in [-0.2, 0) is 52.2 Å². The summed E-state index contributed by atoms with van der Waals surface area (Å²) in [4.78, 5) is 40.4. The monoisotopic (exact) mass is 687 g/mol. The smallest absolute Gasteiger partial charge is 0.423 e. The molecule has 0 fully saturated rings. The van der Waals surface area contributed by atoms with Crippen LogP contribution < -0.4 is 0 Å². The molecule has 18 heteroatoms. The van der Waals surface area contributed by atoms with Gasteiger partial charge in [0.25, 0.3) is 5.69 Å². The third-order valence-electron chi connectivity index (χ3n) is 5.38. The van der Waals surface area contributed by atoms with Gasteiger partial charge in [0.2, 0.25) is 0 Å². The lowest BCUT2D eigenvalue weighted by atomic mass is 10.0. The van der Waals surface area contributed by atoms with E-state index >= 15 is 0 Å². The zero-order valence-electron chi connectivity index (χ0n) is 23.1. The first kappa shape index (κ1) is 41.8. The average molecular weight is 688 g/mol. The van der Waals surface area contributed by atoms with E-state index in [1.165, 1.54) is 25.1 Å². The van der Waals surface area contributed by atoms with Crippen LogP contribution in [0, 0.1) is 17.0 Å². The SMILES string of the molecule is C.Cc1cc(CC(=O)O)cc(C(F)(F)F)c1.O=C(O)Cc1cccc(C(F)(F)F)c1.O=C(O)Cc1cccc(C(F)(F)F)c1[N+](=O)[O-]. The van der Waals surface area contributed by atoms with E-state index in [1.807, 2.05) is 0 Å². The quantitative estimate of drug-likeness (QED) is 0.129. The summed E-state index contributed by atoms with van der Waals surface area (Å²) in [6, 6.07) is 10.1. The fourth-order valence-corrected chi connectivity index (χ4v) is 3.68. The standard InChI is InChI=1S/C10H9F3O2.C9H6F3NO4.C9H7F3O2.CH4/c1-6-2-7(5-9(14)15)4-8(3-6)10(11,12)13;10-9(11,12)6-3-1-2-5(4-7(14)15)8(6)13(16)17;10-9(11,12)7-3-1-2-6(4-7)5-8(13)14;/h2-4H,5H2,1H3,(H,14,15);1-3H,4H2,(H,14,15);1-4H,5H2,(H,13,14);1H4. The number of hydrogen-bond donors (Lipinski definition) is 3. The van der Waals surface area contributed by atoms with Crippen molar-refractivity contribution in [3.05, 3.63) is 110 Å². The number of carboxylic acids is 3. The molecule has 0 aliphatic carbocycles. The number of nitro groups is 1. The van der Waals surface area contributed by atoms with E-state index in [4.69, 9.17) is 15.3 Å². The number of carboxylic acid groups (broad SMARTS) is 3. The molecule has 3 aromatic rings. The van der Waals surface area contributed by atoms with Crippen LogP contribution in [0.2, 0.25) is 0 Å². The molecule has 47 heavy (non-hydrogen) atoms. The molecule has 9 nitrogen and oxygen atoms in total. The fraction of sp³-hybridized carbons (Fsp3) is 0.276. The Labute approximate surface area is 260 Å². The second kappa shape index (κ2) is 17.0. The van der Waals surface area contributed by atoms with Gasteiger partial charge in [0.1, 0.15) is 5.56 Å². The van der Waals surface area contributed by atoms with E-state index in [9.17, 15) is 64.0 Å². The molecule has 0 atom stereocenters.